The van der Waals surface area contributed by atoms with Crippen LogP contribution in [0.4, 0.5) is 0 Å². The minimum Gasteiger partial charge on any atom is -0.484 e. The SMILES string of the molecule is OCC1OC(c2ccc(Cl)c(Cc3ccc(OC45C6COC4C65)cc3)c2)C(O)C(O)C1O. The molecule has 9 unspecified atom stereocenters. The lowest BCUT2D eigenvalue weighted by Gasteiger charge is -2.40. The van der Waals surface area contributed by atoms with Crippen LogP contribution in [0.3, 0.4) is 0 Å². The Labute approximate surface area is 190 Å². The van der Waals surface area contributed by atoms with Crippen LogP contribution in [0.15, 0.2) is 42.5 Å². The Hall–Kier alpha value is -1.71. The van der Waals surface area contributed by atoms with E-state index in [0.29, 0.717) is 28.8 Å². The van der Waals surface area contributed by atoms with Crippen molar-refractivity contribution in [2.45, 2.75) is 48.6 Å². The van der Waals surface area contributed by atoms with Gasteiger partial charge in [0.25, 0.3) is 0 Å². The molecular weight excluding hydrogens is 436 g/mol. The molecule has 2 bridgehead atoms. The zero-order valence-corrected chi connectivity index (χ0v) is 17.9. The van der Waals surface area contributed by atoms with Crippen molar-refractivity contribution in [2.24, 2.45) is 11.8 Å². The van der Waals surface area contributed by atoms with Crippen molar-refractivity contribution in [3.63, 3.8) is 0 Å². The van der Waals surface area contributed by atoms with Gasteiger partial charge in [-0.25, -0.2) is 0 Å². The zero-order chi connectivity index (χ0) is 22.2. The molecular formula is C24H25ClO7. The molecule has 2 aromatic rings. The molecule has 32 heavy (non-hydrogen) atoms. The van der Waals surface area contributed by atoms with Gasteiger partial charge in [0.05, 0.1) is 13.2 Å². The fourth-order valence-corrected chi connectivity index (χ4v) is 5.61. The first kappa shape index (κ1) is 20.9. The lowest BCUT2D eigenvalue weighted by Crippen LogP contribution is -2.55. The average Bonchev–Trinajstić information content (AvgIpc) is 3.42. The van der Waals surface area contributed by atoms with Crippen molar-refractivity contribution in [1.82, 2.24) is 0 Å². The summed E-state index contributed by atoms with van der Waals surface area (Å²) in [5.74, 6) is 2.00. The van der Waals surface area contributed by atoms with Gasteiger partial charge in [0.2, 0.25) is 0 Å². The third-order valence-corrected chi connectivity index (χ3v) is 7.81. The van der Waals surface area contributed by atoms with E-state index in [0.717, 1.165) is 23.5 Å². The number of hydrogen-bond donors (Lipinski definition) is 4. The Morgan fingerprint density at radius 3 is 2.47 bits per heavy atom. The van der Waals surface area contributed by atoms with Crippen LogP contribution >= 0.6 is 11.6 Å². The largest absolute Gasteiger partial charge is 0.484 e. The van der Waals surface area contributed by atoms with Crippen molar-refractivity contribution in [3.05, 3.63) is 64.2 Å². The summed E-state index contributed by atoms with van der Waals surface area (Å²) < 4.78 is 17.5. The summed E-state index contributed by atoms with van der Waals surface area (Å²) >= 11 is 6.43. The number of rotatable bonds is 6. The predicted octanol–water partition coefficient (Wildman–Crippen LogP) is 1.22. The molecule has 3 saturated heterocycles. The highest BCUT2D eigenvalue weighted by Crippen LogP contribution is 2.79. The lowest BCUT2D eigenvalue weighted by atomic mass is 9.90. The third kappa shape index (κ3) is 3.04. The second kappa shape index (κ2) is 7.40. The summed E-state index contributed by atoms with van der Waals surface area (Å²) in [5, 5.41) is 40.6. The molecule has 7 rings (SSSR count). The van der Waals surface area contributed by atoms with E-state index >= 15 is 0 Å². The van der Waals surface area contributed by atoms with E-state index in [1.165, 1.54) is 0 Å². The summed E-state index contributed by atoms with van der Waals surface area (Å²) in [6.07, 6.45) is -5.13. The van der Waals surface area contributed by atoms with Gasteiger partial charge < -0.3 is 34.6 Å². The molecule has 0 amide bonds. The molecule has 8 heteroatoms. The van der Waals surface area contributed by atoms with Gasteiger partial charge >= 0.3 is 0 Å². The Morgan fingerprint density at radius 2 is 1.81 bits per heavy atom. The first-order chi connectivity index (χ1) is 15.4. The summed E-state index contributed by atoms with van der Waals surface area (Å²) in [6.45, 7) is 0.350. The number of fused-ring (bicyclic) bond motifs is 1. The Kier molecular flexibility index (Phi) is 4.82. The molecule has 7 nitrogen and oxygen atoms in total. The summed E-state index contributed by atoms with van der Waals surface area (Å²) in [5.41, 5.74) is 2.45. The fraction of sp³-hybridized carbons (Fsp3) is 0.500. The molecule has 0 aromatic heterocycles. The van der Waals surface area contributed by atoms with Gasteiger partial charge in [-0.1, -0.05) is 35.9 Å². The Bertz CT molecular complexity index is 1000. The topological polar surface area (TPSA) is 109 Å². The molecule has 2 saturated carbocycles. The molecule has 5 aliphatic rings. The van der Waals surface area contributed by atoms with E-state index in [9.17, 15) is 20.4 Å². The van der Waals surface area contributed by atoms with Crippen molar-refractivity contribution < 1.29 is 34.6 Å². The highest BCUT2D eigenvalue weighted by molar-refractivity contribution is 6.31. The highest BCUT2D eigenvalue weighted by atomic mass is 35.5. The number of aliphatic hydroxyl groups is 4. The normalized spacial score (nSPS) is 41.3. The van der Waals surface area contributed by atoms with Crippen LogP contribution in [0.5, 0.6) is 5.75 Å². The number of hydrogen-bond acceptors (Lipinski definition) is 7. The van der Waals surface area contributed by atoms with Gasteiger partial charge in [0.15, 0.2) is 0 Å². The summed E-state index contributed by atoms with van der Waals surface area (Å²) in [4.78, 5) is 0. The van der Waals surface area contributed by atoms with Crippen LogP contribution in [-0.2, 0) is 15.9 Å². The van der Waals surface area contributed by atoms with Crippen LogP contribution < -0.4 is 4.74 Å². The van der Waals surface area contributed by atoms with Gasteiger partial charge in [0, 0.05) is 16.9 Å². The predicted molar refractivity (Wildman–Crippen MR) is 113 cm³/mol. The van der Waals surface area contributed by atoms with E-state index in [1.54, 1.807) is 12.1 Å². The molecule has 0 radical (unpaired) electrons. The minimum atomic E-state index is -1.42. The van der Waals surface area contributed by atoms with Gasteiger partial charge in [-0.2, -0.15) is 0 Å². The average molecular weight is 461 g/mol. The molecule has 5 fully saturated rings. The number of aliphatic hydroxyl groups excluding tert-OH is 4. The Balaban J connectivity index is 1.18. The standard InChI is InChI=1S/C24H25ClO7/c25-16-6-3-12(22-21(29)20(28)19(27)17(9-26)31-22)8-13(16)7-11-1-4-14(5-2-11)32-24-15-10-30-23(24)18(15)24/h1-6,8,15,17-23,26-29H,7,9-10H2. The first-order valence-corrected chi connectivity index (χ1v) is 11.3. The zero-order valence-electron chi connectivity index (χ0n) is 17.2. The second-order valence-electron chi connectivity index (χ2n) is 9.26. The van der Waals surface area contributed by atoms with E-state index in [4.69, 9.17) is 25.8 Å². The molecule has 9 atom stereocenters. The van der Waals surface area contributed by atoms with Crippen molar-refractivity contribution in [2.75, 3.05) is 13.2 Å². The van der Waals surface area contributed by atoms with Crippen LogP contribution in [0.1, 0.15) is 22.8 Å². The minimum absolute atomic E-state index is 0.0510. The maximum Gasteiger partial charge on any atom is 0.147 e. The summed E-state index contributed by atoms with van der Waals surface area (Å²) in [7, 11) is 0. The quantitative estimate of drug-likeness (QED) is 0.513. The van der Waals surface area contributed by atoms with Gasteiger partial charge in [-0.15, -0.1) is 0 Å². The fourth-order valence-electron chi connectivity index (χ4n) is 5.43. The van der Waals surface area contributed by atoms with E-state index in [-0.39, 0.29) is 11.7 Å². The monoisotopic (exact) mass is 460 g/mol. The molecule has 2 aromatic carbocycles. The van der Waals surface area contributed by atoms with Crippen molar-refractivity contribution in [3.8, 4) is 5.75 Å². The number of halogens is 1. The molecule has 4 N–H and O–H groups in total. The second-order valence-corrected chi connectivity index (χ2v) is 9.67. The highest BCUT2D eigenvalue weighted by Gasteiger charge is 2.95. The van der Waals surface area contributed by atoms with Crippen molar-refractivity contribution >= 4 is 11.6 Å². The maximum atomic E-state index is 10.4. The molecule has 0 spiro atoms. The van der Waals surface area contributed by atoms with Crippen LogP contribution in [-0.4, -0.2) is 69.8 Å². The molecule has 170 valence electrons. The van der Waals surface area contributed by atoms with Crippen LogP contribution in [0, 0.1) is 11.8 Å². The van der Waals surface area contributed by atoms with Gasteiger partial charge in [-0.3, -0.25) is 0 Å². The van der Waals surface area contributed by atoms with Crippen LogP contribution in [0.2, 0.25) is 5.02 Å². The molecule has 3 heterocycles. The van der Waals surface area contributed by atoms with Gasteiger partial charge in [0.1, 0.15) is 48.0 Å². The van der Waals surface area contributed by atoms with E-state index in [1.807, 2.05) is 30.3 Å². The smallest absolute Gasteiger partial charge is 0.147 e. The van der Waals surface area contributed by atoms with Crippen LogP contribution in [0.25, 0.3) is 0 Å². The molecule has 3 aliphatic heterocycles. The van der Waals surface area contributed by atoms with E-state index < -0.39 is 37.1 Å². The third-order valence-electron chi connectivity index (χ3n) is 7.45. The van der Waals surface area contributed by atoms with E-state index in [2.05, 4.69) is 0 Å². The van der Waals surface area contributed by atoms with Crippen molar-refractivity contribution in [1.29, 1.82) is 0 Å². The Morgan fingerprint density at radius 1 is 1.03 bits per heavy atom. The van der Waals surface area contributed by atoms with Gasteiger partial charge in [-0.05, 0) is 41.3 Å². The first-order valence-electron chi connectivity index (χ1n) is 10.9. The maximum absolute atomic E-state index is 10.4. The number of benzene rings is 2. The lowest BCUT2D eigenvalue weighted by molar-refractivity contribution is -0.231. The summed E-state index contributed by atoms with van der Waals surface area (Å²) in [6, 6.07) is 13.2. The molecule has 2 aliphatic carbocycles. The number of ether oxygens (including phenoxy) is 3.